The largest absolute Gasteiger partial charge is 0.493 e. The first-order chi connectivity index (χ1) is 10.7. The molecule has 7 heteroatoms. The number of hydrogen-bond acceptors (Lipinski definition) is 6. The fraction of sp³-hybridized carbons (Fsp3) is 0.133. The number of ether oxygens (including phenoxy) is 1. The zero-order valence-electron chi connectivity index (χ0n) is 11.9. The third-order valence-electron chi connectivity index (χ3n) is 3.53. The number of methoxy groups -OCH3 is 1. The van der Waals surface area contributed by atoms with Gasteiger partial charge < -0.3 is 9.15 Å². The normalized spacial score (nSPS) is 11.4. The van der Waals surface area contributed by atoms with Gasteiger partial charge in [0, 0.05) is 10.8 Å². The lowest BCUT2D eigenvalue weighted by molar-refractivity contribution is 0.407. The lowest BCUT2D eigenvalue weighted by Gasteiger charge is -2.05. The standard InChI is InChI=1S/C15H11N3O3S/c1-8-16-17-15-18(8)11(7-22-15)10-6-9-4-3-5-12(20-2)13(9)21-14(10)19/h3-7H,1-2H3. The molecule has 0 saturated carbocycles. The number of nitrogens with zero attached hydrogens (tertiary/aromatic N) is 3. The van der Waals surface area contributed by atoms with Crippen molar-refractivity contribution in [2.45, 2.75) is 6.92 Å². The molecular formula is C15H11N3O3S. The van der Waals surface area contributed by atoms with Gasteiger partial charge in [0.15, 0.2) is 11.3 Å². The molecule has 3 aromatic heterocycles. The van der Waals surface area contributed by atoms with Crippen LogP contribution >= 0.6 is 11.3 Å². The molecular weight excluding hydrogens is 302 g/mol. The SMILES string of the molecule is COc1cccc2cc(-c3csc4nnc(C)n34)c(=O)oc12. The minimum absolute atomic E-state index is 0.412. The average Bonchev–Trinajstić information content (AvgIpc) is 3.09. The Morgan fingerprint density at radius 3 is 3.00 bits per heavy atom. The maximum atomic E-state index is 12.4. The summed E-state index contributed by atoms with van der Waals surface area (Å²) in [7, 11) is 1.55. The second-order valence-corrected chi connectivity index (χ2v) is 5.65. The van der Waals surface area contributed by atoms with E-state index in [-0.39, 0.29) is 0 Å². The fourth-order valence-electron chi connectivity index (χ4n) is 2.50. The summed E-state index contributed by atoms with van der Waals surface area (Å²) in [5.74, 6) is 1.27. The molecule has 0 bridgehead atoms. The number of aromatic nitrogens is 3. The van der Waals surface area contributed by atoms with E-state index in [0.717, 1.165) is 21.9 Å². The molecule has 0 atom stereocenters. The van der Waals surface area contributed by atoms with Crippen LogP contribution in [0.25, 0.3) is 27.2 Å². The molecule has 0 fully saturated rings. The van der Waals surface area contributed by atoms with E-state index in [0.29, 0.717) is 16.9 Å². The van der Waals surface area contributed by atoms with E-state index in [2.05, 4.69) is 10.2 Å². The summed E-state index contributed by atoms with van der Waals surface area (Å²) in [6.45, 7) is 1.85. The number of hydrogen-bond donors (Lipinski definition) is 0. The second-order valence-electron chi connectivity index (χ2n) is 4.81. The average molecular weight is 313 g/mol. The monoisotopic (exact) mass is 313 g/mol. The van der Waals surface area contributed by atoms with Crippen molar-refractivity contribution in [3.8, 4) is 17.0 Å². The van der Waals surface area contributed by atoms with Gasteiger partial charge in [0.1, 0.15) is 5.82 Å². The first kappa shape index (κ1) is 13.0. The van der Waals surface area contributed by atoms with Crippen molar-refractivity contribution in [3.63, 3.8) is 0 Å². The number of benzene rings is 1. The lowest BCUT2D eigenvalue weighted by Crippen LogP contribution is -2.05. The Hall–Kier alpha value is -2.67. The lowest BCUT2D eigenvalue weighted by atomic mass is 10.1. The van der Waals surface area contributed by atoms with E-state index in [9.17, 15) is 4.79 Å². The molecule has 0 aliphatic carbocycles. The summed E-state index contributed by atoms with van der Waals surface area (Å²) in [6, 6.07) is 7.31. The second kappa shape index (κ2) is 4.67. The summed E-state index contributed by atoms with van der Waals surface area (Å²) in [4.78, 5) is 13.2. The van der Waals surface area contributed by atoms with Gasteiger partial charge in [-0.25, -0.2) is 4.79 Å². The summed E-state index contributed by atoms with van der Waals surface area (Å²) in [5, 5.41) is 10.8. The van der Waals surface area contributed by atoms with Crippen molar-refractivity contribution in [1.29, 1.82) is 0 Å². The van der Waals surface area contributed by atoms with Gasteiger partial charge in [0.25, 0.3) is 0 Å². The Bertz CT molecular complexity index is 1060. The highest BCUT2D eigenvalue weighted by Gasteiger charge is 2.16. The van der Waals surface area contributed by atoms with Crippen molar-refractivity contribution in [1.82, 2.24) is 14.6 Å². The molecule has 1 aromatic carbocycles. The van der Waals surface area contributed by atoms with E-state index in [1.807, 2.05) is 34.9 Å². The third kappa shape index (κ3) is 1.75. The summed E-state index contributed by atoms with van der Waals surface area (Å²) in [6.07, 6.45) is 0. The molecule has 6 nitrogen and oxygen atoms in total. The van der Waals surface area contributed by atoms with Crippen molar-refractivity contribution in [3.05, 3.63) is 45.9 Å². The number of rotatable bonds is 2. The molecule has 0 amide bonds. The molecule has 3 heterocycles. The Morgan fingerprint density at radius 1 is 1.32 bits per heavy atom. The number of aryl methyl sites for hydroxylation is 1. The molecule has 0 aliphatic heterocycles. The summed E-state index contributed by atoms with van der Waals surface area (Å²) >= 11 is 1.44. The van der Waals surface area contributed by atoms with Crippen LogP contribution < -0.4 is 10.4 Å². The van der Waals surface area contributed by atoms with Gasteiger partial charge in [-0.3, -0.25) is 4.40 Å². The van der Waals surface area contributed by atoms with Crippen LogP contribution in [0, 0.1) is 6.92 Å². The van der Waals surface area contributed by atoms with Crippen LogP contribution in [0.1, 0.15) is 5.82 Å². The Balaban J connectivity index is 2.05. The quantitative estimate of drug-likeness (QED) is 0.532. The fourth-order valence-corrected chi connectivity index (χ4v) is 3.37. The number of fused-ring (bicyclic) bond motifs is 2. The predicted octanol–water partition coefficient (Wildman–Crippen LogP) is 2.88. The van der Waals surface area contributed by atoms with Crippen LogP contribution in [0.4, 0.5) is 0 Å². The van der Waals surface area contributed by atoms with E-state index >= 15 is 0 Å². The Labute approximate surface area is 128 Å². The molecule has 0 N–H and O–H groups in total. The van der Waals surface area contributed by atoms with Gasteiger partial charge in [0.05, 0.1) is 18.4 Å². The van der Waals surface area contributed by atoms with Crippen LogP contribution in [0.5, 0.6) is 5.75 Å². The molecule has 0 aliphatic rings. The maximum absolute atomic E-state index is 12.4. The van der Waals surface area contributed by atoms with Crippen LogP contribution in [0.15, 0.2) is 38.9 Å². The highest BCUT2D eigenvalue weighted by atomic mass is 32.1. The topological polar surface area (TPSA) is 69.6 Å². The van der Waals surface area contributed by atoms with E-state index in [4.69, 9.17) is 9.15 Å². The van der Waals surface area contributed by atoms with Crippen molar-refractivity contribution in [2.24, 2.45) is 0 Å². The summed E-state index contributed by atoms with van der Waals surface area (Å²) in [5.41, 5.74) is 1.26. The van der Waals surface area contributed by atoms with Crippen LogP contribution in [-0.4, -0.2) is 21.7 Å². The Morgan fingerprint density at radius 2 is 2.18 bits per heavy atom. The first-order valence-corrected chi connectivity index (χ1v) is 7.47. The highest BCUT2D eigenvalue weighted by molar-refractivity contribution is 7.15. The maximum Gasteiger partial charge on any atom is 0.345 e. The van der Waals surface area contributed by atoms with E-state index in [1.54, 1.807) is 13.2 Å². The zero-order valence-corrected chi connectivity index (χ0v) is 12.7. The van der Waals surface area contributed by atoms with Crippen LogP contribution in [0.2, 0.25) is 0 Å². The van der Waals surface area contributed by atoms with Gasteiger partial charge in [-0.15, -0.1) is 21.5 Å². The van der Waals surface area contributed by atoms with Crippen LogP contribution in [-0.2, 0) is 0 Å². The molecule has 110 valence electrons. The van der Waals surface area contributed by atoms with Crippen molar-refractivity contribution < 1.29 is 9.15 Å². The number of thiazole rings is 1. The number of para-hydroxylation sites is 1. The smallest absolute Gasteiger partial charge is 0.345 e. The Kier molecular flexibility index (Phi) is 2.77. The molecule has 0 spiro atoms. The third-order valence-corrected chi connectivity index (χ3v) is 4.35. The van der Waals surface area contributed by atoms with Gasteiger partial charge in [0.2, 0.25) is 4.96 Å². The minimum Gasteiger partial charge on any atom is -0.493 e. The van der Waals surface area contributed by atoms with E-state index < -0.39 is 5.63 Å². The minimum atomic E-state index is -0.412. The van der Waals surface area contributed by atoms with E-state index in [1.165, 1.54) is 11.3 Å². The predicted molar refractivity (Wildman–Crippen MR) is 83.6 cm³/mol. The molecule has 0 unspecified atom stereocenters. The molecule has 4 rings (SSSR count). The summed E-state index contributed by atoms with van der Waals surface area (Å²) < 4.78 is 12.6. The molecule has 22 heavy (non-hydrogen) atoms. The van der Waals surface area contributed by atoms with Gasteiger partial charge in [-0.05, 0) is 19.1 Å². The van der Waals surface area contributed by atoms with Crippen molar-refractivity contribution in [2.75, 3.05) is 7.11 Å². The molecule has 0 saturated heterocycles. The van der Waals surface area contributed by atoms with Gasteiger partial charge >= 0.3 is 5.63 Å². The van der Waals surface area contributed by atoms with Crippen molar-refractivity contribution >= 4 is 27.3 Å². The molecule has 0 radical (unpaired) electrons. The van der Waals surface area contributed by atoms with Gasteiger partial charge in [-0.2, -0.15) is 0 Å². The first-order valence-electron chi connectivity index (χ1n) is 6.59. The van der Waals surface area contributed by atoms with Gasteiger partial charge in [-0.1, -0.05) is 12.1 Å². The zero-order chi connectivity index (χ0) is 15.3. The highest BCUT2D eigenvalue weighted by Crippen LogP contribution is 2.29. The molecule has 4 aromatic rings. The van der Waals surface area contributed by atoms with Crippen LogP contribution in [0.3, 0.4) is 0 Å².